The quantitative estimate of drug-likeness (QED) is 0.332. The second-order valence-corrected chi connectivity index (χ2v) is 6.77. The first-order valence-corrected chi connectivity index (χ1v) is 9.07. The van der Waals surface area contributed by atoms with Gasteiger partial charge in [-0.2, -0.15) is 0 Å². The zero-order valence-corrected chi connectivity index (χ0v) is 15.9. The van der Waals surface area contributed by atoms with Crippen molar-refractivity contribution in [3.05, 3.63) is 92.7 Å². The van der Waals surface area contributed by atoms with E-state index in [2.05, 4.69) is 5.16 Å². The molecule has 0 aliphatic heterocycles. The standard InChI is InChI=1S/C22H18FN3O3/c1-14-22(26(27)28)21(29-24-14)12-11-17-15(2)25(20-10-6-4-8-18(17)20)13-16-7-3-5-9-19(16)23/h3-12H,13H2,1-2H3/b12-11+. The lowest BCUT2D eigenvalue weighted by Gasteiger charge is -2.09. The third-order valence-corrected chi connectivity index (χ3v) is 5.01. The van der Waals surface area contributed by atoms with Gasteiger partial charge in [-0.1, -0.05) is 41.6 Å². The summed E-state index contributed by atoms with van der Waals surface area (Å²) >= 11 is 0. The largest absolute Gasteiger partial charge is 0.349 e. The van der Waals surface area contributed by atoms with E-state index >= 15 is 0 Å². The predicted octanol–water partition coefficient (Wildman–Crippen LogP) is 5.51. The van der Waals surface area contributed by atoms with Gasteiger partial charge in [0.2, 0.25) is 5.76 Å². The van der Waals surface area contributed by atoms with E-state index in [1.165, 1.54) is 13.0 Å². The van der Waals surface area contributed by atoms with Gasteiger partial charge in [-0.3, -0.25) is 10.1 Å². The molecular weight excluding hydrogens is 373 g/mol. The maximum atomic E-state index is 14.2. The average molecular weight is 391 g/mol. The minimum atomic E-state index is -0.500. The first-order chi connectivity index (χ1) is 14.0. The van der Waals surface area contributed by atoms with Crippen LogP contribution in [0.4, 0.5) is 10.1 Å². The van der Waals surface area contributed by atoms with E-state index in [1.807, 2.05) is 41.8 Å². The number of hydrogen-bond acceptors (Lipinski definition) is 4. The van der Waals surface area contributed by atoms with E-state index in [9.17, 15) is 14.5 Å². The molecule has 0 N–H and O–H groups in total. The Hall–Kier alpha value is -3.74. The van der Waals surface area contributed by atoms with Crippen molar-refractivity contribution >= 4 is 28.7 Å². The lowest BCUT2D eigenvalue weighted by molar-refractivity contribution is -0.386. The lowest BCUT2D eigenvalue weighted by Crippen LogP contribution is -2.03. The Balaban J connectivity index is 1.81. The van der Waals surface area contributed by atoms with Crippen molar-refractivity contribution in [1.82, 2.24) is 9.72 Å². The molecule has 0 saturated heterocycles. The minimum absolute atomic E-state index is 0.0952. The Bertz CT molecular complexity index is 1250. The number of aryl methyl sites for hydroxylation is 1. The number of aromatic nitrogens is 2. The van der Waals surface area contributed by atoms with Crippen LogP contribution in [0.1, 0.15) is 28.3 Å². The fourth-order valence-electron chi connectivity index (χ4n) is 3.54. The molecule has 0 fully saturated rings. The Labute approximate surface area is 166 Å². The van der Waals surface area contributed by atoms with E-state index in [-0.39, 0.29) is 23.0 Å². The van der Waals surface area contributed by atoms with E-state index in [0.29, 0.717) is 12.1 Å². The summed E-state index contributed by atoms with van der Waals surface area (Å²) in [6.07, 6.45) is 3.34. The summed E-state index contributed by atoms with van der Waals surface area (Å²) in [5.74, 6) is -0.160. The van der Waals surface area contributed by atoms with Gasteiger partial charge in [0.15, 0.2) is 5.69 Å². The number of hydrogen-bond donors (Lipinski definition) is 0. The van der Waals surface area contributed by atoms with Crippen molar-refractivity contribution in [2.45, 2.75) is 20.4 Å². The lowest BCUT2D eigenvalue weighted by atomic mass is 10.1. The van der Waals surface area contributed by atoms with Crippen molar-refractivity contribution < 1.29 is 13.8 Å². The zero-order chi connectivity index (χ0) is 20.5. The van der Waals surface area contributed by atoms with Crippen molar-refractivity contribution in [1.29, 1.82) is 0 Å². The van der Waals surface area contributed by atoms with Crippen molar-refractivity contribution in [2.75, 3.05) is 0 Å². The molecule has 146 valence electrons. The predicted molar refractivity (Wildman–Crippen MR) is 109 cm³/mol. The van der Waals surface area contributed by atoms with Crippen LogP contribution in [0.15, 0.2) is 53.1 Å². The van der Waals surface area contributed by atoms with Gasteiger partial charge in [0, 0.05) is 27.7 Å². The molecule has 0 atom stereocenters. The molecule has 0 saturated carbocycles. The number of nitrogens with zero attached hydrogens (tertiary/aromatic N) is 3. The first kappa shape index (κ1) is 18.6. The summed E-state index contributed by atoms with van der Waals surface area (Å²) in [6, 6.07) is 14.5. The summed E-state index contributed by atoms with van der Waals surface area (Å²) in [5.41, 5.74) is 3.44. The maximum Gasteiger partial charge on any atom is 0.338 e. The number of fused-ring (bicyclic) bond motifs is 1. The molecule has 6 nitrogen and oxygen atoms in total. The molecule has 7 heteroatoms. The molecule has 0 spiro atoms. The Morgan fingerprint density at radius 2 is 1.86 bits per heavy atom. The Morgan fingerprint density at radius 3 is 2.62 bits per heavy atom. The van der Waals surface area contributed by atoms with Crippen molar-refractivity contribution in [3.8, 4) is 0 Å². The molecule has 2 heterocycles. The van der Waals surface area contributed by atoms with Gasteiger partial charge in [0.1, 0.15) is 5.82 Å². The molecule has 0 aliphatic carbocycles. The van der Waals surface area contributed by atoms with Crippen LogP contribution in [-0.2, 0) is 6.54 Å². The number of benzene rings is 2. The van der Waals surface area contributed by atoms with Gasteiger partial charge < -0.3 is 9.09 Å². The second kappa shape index (κ2) is 7.35. The van der Waals surface area contributed by atoms with E-state index in [1.54, 1.807) is 24.3 Å². The van der Waals surface area contributed by atoms with Gasteiger partial charge in [-0.25, -0.2) is 4.39 Å². The van der Waals surface area contributed by atoms with Gasteiger partial charge in [-0.05, 0) is 38.1 Å². The number of nitro groups is 1. The molecule has 4 rings (SSSR count). The van der Waals surface area contributed by atoms with Gasteiger partial charge in [0.05, 0.1) is 11.5 Å². The molecule has 29 heavy (non-hydrogen) atoms. The minimum Gasteiger partial charge on any atom is -0.349 e. The molecule has 2 aromatic carbocycles. The summed E-state index contributed by atoms with van der Waals surface area (Å²) in [7, 11) is 0. The van der Waals surface area contributed by atoms with Crippen LogP contribution >= 0.6 is 0 Å². The van der Waals surface area contributed by atoms with Crippen LogP contribution in [0.3, 0.4) is 0 Å². The normalized spacial score (nSPS) is 11.6. The van der Waals surface area contributed by atoms with Crippen LogP contribution in [0.2, 0.25) is 0 Å². The van der Waals surface area contributed by atoms with Crippen LogP contribution in [0, 0.1) is 29.8 Å². The van der Waals surface area contributed by atoms with Crippen molar-refractivity contribution in [2.24, 2.45) is 0 Å². The molecule has 0 radical (unpaired) electrons. The van der Waals surface area contributed by atoms with Gasteiger partial charge in [-0.15, -0.1) is 0 Å². The van der Waals surface area contributed by atoms with E-state index in [0.717, 1.165) is 22.2 Å². The highest BCUT2D eigenvalue weighted by atomic mass is 19.1. The molecule has 0 bridgehead atoms. The monoisotopic (exact) mass is 391 g/mol. The Kier molecular flexibility index (Phi) is 4.72. The topological polar surface area (TPSA) is 74.1 Å². The fourth-order valence-corrected chi connectivity index (χ4v) is 3.54. The SMILES string of the molecule is Cc1noc(/C=C/c2c(C)n(Cc3ccccc3F)c3ccccc23)c1[N+](=O)[O-]. The highest BCUT2D eigenvalue weighted by molar-refractivity contribution is 5.94. The summed E-state index contributed by atoms with van der Waals surface area (Å²) in [5, 5.41) is 15.9. The third-order valence-electron chi connectivity index (χ3n) is 5.01. The van der Waals surface area contributed by atoms with E-state index < -0.39 is 4.92 Å². The third kappa shape index (κ3) is 3.31. The number of rotatable bonds is 5. The Morgan fingerprint density at radius 1 is 1.14 bits per heavy atom. The molecule has 4 aromatic rings. The van der Waals surface area contributed by atoms with Crippen LogP contribution in [0.5, 0.6) is 0 Å². The molecule has 0 unspecified atom stereocenters. The average Bonchev–Trinajstić information content (AvgIpc) is 3.20. The second-order valence-electron chi connectivity index (χ2n) is 6.77. The summed E-state index contributed by atoms with van der Waals surface area (Å²) in [6.45, 7) is 3.86. The van der Waals surface area contributed by atoms with Crippen molar-refractivity contribution in [3.63, 3.8) is 0 Å². The number of para-hydroxylation sites is 1. The smallest absolute Gasteiger partial charge is 0.338 e. The fraction of sp³-hybridized carbons (Fsp3) is 0.136. The molecule has 0 aliphatic rings. The van der Waals surface area contributed by atoms with Gasteiger partial charge in [0.25, 0.3) is 0 Å². The maximum absolute atomic E-state index is 14.2. The summed E-state index contributed by atoms with van der Waals surface area (Å²) in [4.78, 5) is 10.8. The zero-order valence-electron chi connectivity index (χ0n) is 15.9. The van der Waals surface area contributed by atoms with E-state index in [4.69, 9.17) is 4.52 Å². The number of halogens is 1. The highest BCUT2D eigenvalue weighted by Crippen LogP contribution is 2.30. The molecule has 0 amide bonds. The van der Waals surface area contributed by atoms with Crippen LogP contribution < -0.4 is 0 Å². The molecule has 2 aromatic heterocycles. The van der Waals surface area contributed by atoms with Crippen LogP contribution in [-0.4, -0.2) is 14.6 Å². The van der Waals surface area contributed by atoms with Gasteiger partial charge >= 0.3 is 5.69 Å². The summed E-state index contributed by atoms with van der Waals surface area (Å²) < 4.78 is 21.3. The first-order valence-electron chi connectivity index (χ1n) is 9.07. The molecular formula is C22H18FN3O3. The highest BCUT2D eigenvalue weighted by Gasteiger charge is 2.22. The van der Waals surface area contributed by atoms with Crippen LogP contribution in [0.25, 0.3) is 23.1 Å².